The van der Waals surface area contributed by atoms with Crippen molar-refractivity contribution in [2.45, 2.75) is 45.6 Å². The molecular formula is C13H19NO. The number of hydrogen-bond acceptors (Lipinski definition) is 2. The number of hydrogen-bond donors (Lipinski definition) is 1. The molecule has 1 aliphatic carbocycles. The van der Waals surface area contributed by atoms with Crippen molar-refractivity contribution in [1.29, 1.82) is 0 Å². The molecule has 1 aromatic heterocycles. The van der Waals surface area contributed by atoms with Gasteiger partial charge in [0.25, 0.3) is 0 Å². The van der Waals surface area contributed by atoms with E-state index in [2.05, 4.69) is 18.8 Å². The van der Waals surface area contributed by atoms with E-state index in [1.807, 2.05) is 25.3 Å². The normalized spacial score (nSPS) is 29.3. The van der Waals surface area contributed by atoms with E-state index < -0.39 is 5.60 Å². The van der Waals surface area contributed by atoms with E-state index in [1.54, 1.807) is 0 Å². The van der Waals surface area contributed by atoms with Gasteiger partial charge in [-0.2, -0.15) is 0 Å². The quantitative estimate of drug-likeness (QED) is 0.764. The summed E-state index contributed by atoms with van der Waals surface area (Å²) >= 11 is 0. The predicted octanol–water partition coefficient (Wildman–Crippen LogP) is 2.79. The zero-order chi connectivity index (χ0) is 11.1. The van der Waals surface area contributed by atoms with Crippen molar-refractivity contribution < 1.29 is 5.11 Å². The molecule has 1 fully saturated rings. The second kappa shape index (κ2) is 3.31. The summed E-state index contributed by atoms with van der Waals surface area (Å²) in [4.78, 5) is 4.27. The molecule has 1 saturated carbocycles. The Morgan fingerprint density at radius 1 is 1.27 bits per heavy atom. The molecule has 0 aliphatic heterocycles. The summed E-state index contributed by atoms with van der Waals surface area (Å²) in [7, 11) is 0. The molecule has 1 N–H and O–H groups in total. The molecule has 0 spiro atoms. The third-order valence-corrected chi connectivity index (χ3v) is 3.85. The zero-order valence-corrected chi connectivity index (χ0v) is 9.75. The van der Waals surface area contributed by atoms with E-state index in [0.717, 1.165) is 30.5 Å². The summed E-state index contributed by atoms with van der Waals surface area (Å²) in [5.74, 6) is 0. The van der Waals surface area contributed by atoms with Crippen LogP contribution in [-0.2, 0) is 5.60 Å². The molecule has 1 unspecified atom stereocenters. The highest BCUT2D eigenvalue weighted by molar-refractivity contribution is 5.24. The second-order valence-corrected chi connectivity index (χ2v) is 5.29. The van der Waals surface area contributed by atoms with Gasteiger partial charge in [0.15, 0.2) is 0 Å². The predicted molar refractivity (Wildman–Crippen MR) is 60.5 cm³/mol. The van der Waals surface area contributed by atoms with Crippen LogP contribution >= 0.6 is 0 Å². The SMILES string of the molecule is Cc1ccc(C2(O)CCCC2(C)C)cn1. The van der Waals surface area contributed by atoms with Gasteiger partial charge in [-0.05, 0) is 37.7 Å². The highest BCUT2D eigenvalue weighted by Gasteiger charge is 2.48. The molecule has 1 atom stereocenters. The summed E-state index contributed by atoms with van der Waals surface area (Å²) in [5.41, 5.74) is 1.24. The molecule has 82 valence electrons. The monoisotopic (exact) mass is 205 g/mol. The van der Waals surface area contributed by atoms with Crippen LogP contribution < -0.4 is 0 Å². The lowest BCUT2D eigenvalue weighted by Gasteiger charge is -2.37. The Kier molecular flexibility index (Phi) is 2.34. The smallest absolute Gasteiger partial charge is 0.0961 e. The van der Waals surface area contributed by atoms with Gasteiger partial charge < -0.3 is 5.11 Å². The van der Waals surface area contributed by atoms with Gasteiger partial charge in [0.2, 0.25) is 0 Å². The first kappa shape index (κ1) is 10.6. The Balaban J connectivity index is 2.41. The number of nitrogens with zero attached hydrogens (tertiary/aromatic N) is 1. The third-order valence-electron chi connectivity index (χ3n) is 3.85. The zero-order valence-electron chi connectivity index (χ0n) is 9.75. The molecule has 0 saturated heterocycles. The Hall–Kier alpha value is -0.890. The van der Waals surface area contributed by atoms with Crippen LogP contribution in [0.5, 0.6) is 0 Å². The highest BCUT2D eigenvalue weighted by Crippen LogP contribution is 2.51. The number of pyridine rings is 1. The standard InChI is InChI=1S/C13H19NO/c1-10-5-6-11(9-14-10)13(15)8-4-7-12(13,2)3/h5-6,9,15H,4,7-8H2,1-3H3. The van der Waals surface area contributed by atoms with Crippen molar-refractivity contribution >= 4 is 0 Å². The van der Waals surface area contributed by atoms with Crippen molar-refractivity contribution in [2.24, 2.45) is 5.41 Å². The van der Waals surface area contributed by atoms with Crippen LogP contribution in [0.1, 0.15) is 44.4 Å². The lowest BCUT2D eigenvalue weighted by atomic mass is 9.74. The summed E-state index contributed by atoms with van der Waals surface area (Å²) in [6.45, 7) is 6.24. The molecule has 1 aliphatic rings. The van der Waals surface area contributed by atoms with Gasteiger partial charge in [-0.3, -0.25) is 4.98 Å². The average molecular weight is 205 g/mol. The van der Waals surface area contributed by atoms with Crippen LogP contribution in [0.4, 0.5) is 0 Å². The summed E-state index contributed by atoms with van der Waals surface area (Å²) < 4.78 is 0. The lowest BCUT2D eigenvalue weighted by Crippen LogP contribution is -2.37. The lowest BCUT2D eigenvalue weighted by molar-refractivity contribution is -0.0487. The van der Waals surface area contributed by atoms with E-state index >= 15 is 0 Å². The first-order chi connectivity index (χ1) is 6.96. The minimum Gasteiger partial charge on any atom is -0.385 e. The van der Waals surface area contributed by atoms with Crippen molar-refractivity contribution in [3.8, 4) is 0 Å². The molecule has 2 nitrogen and oxygen atoms in total. The van der Waals surface area contributed by atoms with Gasteiger partial charge in [-0.25, -0.2) is 0 Å². The minimum absolute atomic E-state index is 0.0378. The molecule has 0 radical (unpaired) electrons. The van der Waals surface area contributed by atoms with Crippen molar-refractivity contribution in [1.82, 2.24) is 4.98 Å². The number of aromatic nitrogens is 1. The number of aryl methyl sites for hydroxylation is 1. The maximum absolute atomic E-state index is 10.7. The number of aliphatic hydroxyl groups is 1. The molecule has 2 rings (SSSR count). The maximum Gasteiger partial charge on any atom is 0.0961 e. The third kappa shape index (κ3) is 1.57. The molecular weight excluding hydrogens is 186 g/mol. The molecule has 15 heavy (non-hydrogen) atoms. The Morgan fingerprint density at radius 2 is 2.00 bits per heavy atom. The van der Waals surface area contributed by atoms with Gasteiger partial charge >= 0.3 is 0 Å². The average Bonchev–Trinajstić information content (AvgIpc) is 2.43. The van der Waals surface area contributed by atoms with Crippen LogP contribution in [0.15, 0.2) is 18.3 Å². The first-order valence-corrected chi connectivity index (χ1v) is 5.61. The number of rotatable bonds is 1. The molecule has 0 bridgehead atoms. The van der Waals surface area contributed by atoms with E-state index in [9.17, 15) is 5.11 Å². The maximum atomic E-state index is 10.7. The second-order valence-electron chi connectivity index (χ2n) is 5.29. The van der Waals surface area contributed by atoms with Crippen molar-refractivity contribution in [2.75, 3.05) is 0 Å². The molecule has 0 aromatic carbocycles. The van der Waals surface area contributed by atoms with E-state index in [0.29, 0.717) is 0 Å². The Bertz CT molecular complexity index is 355. The van der Waals surface area contributed by atoms with Gasteiger partial charge in [-0.1, -0.05) is 19.9 Å². The Morgan fingerprint density at radius 3 is 2.47 bits per heavy atom. The molecule has 1 aromatic rings. The van der Waals surface area contributed by atoms with Gasteiger partial charge in [0.05, 0.1) is 5.60 Å². The van der Waals surface area contributed by atoms with Crippen LogP contribution in [-0.4, -0.2) is 10.1 Å². The molecule has 0 amide bonds. The fourth-order valence-corrected chi connectivity index (χ4v) is 2.58. The van der Waals surface area contributed by atoms with E-state index in [1.165, 1.54) is 0 Å². The summed E-state index contributed by atoms with van der Waals surface area (Å²) in [5, 5.41) is 10.7. The van der Waals surface area contributed by atoms with Crippen LogP contribution in [0.2, 0.25) is 0 Å². The van der Waals surface area contributed by atoms with Gasteiger partial charge in [0.1, 0.15) is 0 Å². The summed E-state index contributed by atoms with van der Waals surface area (Å²) in [6, 6.07) is 3.98. The summed E-state index contributed by atoms with van der Waals surface area (Å²) in [6.07, 6.45) is 4.85. The first-order valence-electron chi connectivity index (χ1n) is 5.61. The topological polar surface area (TPSA) is 33.1 Å². The van der Waals surface area contributed by atoms with E-state index in [-0.39, 0.29) is 5.41 Å². The molecule has 1 heterocycles. The van der Waals surface area contributed by atoms with E-state index in [4.69, 9.17) is 0 Å². The largest absolute Gasteiger partial charge is 0.385 e. The molecule has 2 heteroatoms. The van der Waals surface area contributed by atoms with Crippen LogP contribution in [0.25, 0.3) is 0 Å². The van der Waals surface area contributed by atoms with Crippen LogP contribution in [0, 0.1) is 12.3 Å². The fourth-order valence-electron chi connectivity index (χ4n) is 2.58. The van der Waals surface area contributed by atoms with Crippen molar-refractivity contribution in [3.05, 3.63) is 29.6 Å². The van der Waals surface area contributed by atoms with Gasteiger partial charge in [0, 0.05) is 17.5 Å². The Labute approximate surface area is 91.4 Å². The van der Waals surface area contributed by atoms with Gasteiger partial charge in [-0.15, -0.1) is 0 Å². The van der Waals surface area contributed by atoms with Crippen molar-refractivity contribution in [3.63, 3.8) is 0 Å². The minimum atomic E-state index is -0.687. The van der Waals surface area contributed by atoms with Crippen LogP contribution in [0.3, 0.4) is 0 Å². The fraction of sp³-hybridized carbons (Fsp3) is 0.615. The highest BCUT2D eigenvalue weighted by atomic mass is 16.3.